The van der Waals surface area contributed by atoms with Gasteiger partial charge >= 0.3 is 0 Å². The number of amides is 2. The minimum Gasteiger partial charge on any atom is -0.460 e. The monoisotopic (exact) mass is 578 g/mol. The number of carbonyl (C=O) groups excluding carboxylic acids is 2. The van der Waals surface area contributed by atoms with Crippen LogP contribution in [-0.2, 0) is 12.0 Å². The molecule has 0 saturated heterocycles. The van der Waals surface area contributed by atoms with Crippen LogP contribution in [0.5, 0.6) is 0 Å². The average Bonchev–Trinajstić information content (AvgIpc) is 3.46. The minimum absolute atomic E-state index is 0.0428. The number of aromatic nitrogens is 2. The van der Waals surface area contributed by atoms with Crippen LogP contribution in [0, 0.1) is 18.6 Å². The van der Waals surface area contributed by atoms with Crippen molar-refractivity contribution in [3.05, 3.63) is 119 Å². The van der Waals surface area contributed by atoms with E-state index in [0.717, 1.165) is 5.56 Å². The predicted molar refractivity (Wildman–Crippen MR) is 154 cm³/mol. The van der Waals surface area contributed by atoms with Gasteiger partial charge in [-0.05, 0) is 78.9 Å². The van der Waals surface area contributed by atoms with Gasteiger partial charge in [-0.3, -0.25) is 14.6 Å². The molecule has 1 aliphatic carbocycles. The third-order valence-corrected chi connectivity index (χ3v) is 7.88. The first-order valence-corrected chi connectivity index (χ1v) is 13.6. The molecule has 8 nitrogen and oxygen atoms in total. The van der Waals surface area contributed by atoms with E-state index in [0.29, 0.717) is 46.5 Å². The minimum atomic E-state index is -0.846. The maximum Gasteiger partial charge on any atom is 0.253 e. The fourth-order valence-electron chi connectivity index (χ4n) is 5.43. The molecule has 0 unspecified atom stereocenters. The molecular formula is C33H24F2N4O4. The number of oxazole rings is 1. The number of halogens is 2. The van der Waals surface area contributed by atoms with Crippen LogP contribution < -0.4 is 11.1 Å². The Labute approximate surface area is 243 Å². The van der Waals surface area contributed by atoms with Gasteiger partial charge in [-0.1, -0.05) is 18.2 Å². The Morgan fingerprint density at radius 1 is 0.977 bits per heavy atom. The first-order valence-electron chi connectivity index (χ1n) is 13.6. The van der Waals surface area contributed by atoms with Crippen molar-refractivity contribution in [2.45, 2.75) is 31.7 Å². The van der Waals surface area contributed by atoms with Gasteiger partial charge in [0.2, 0.25) is 5.89 Å². The Kier molecular flexibility index (Phi) is 6.08. The number of nitrogens with one attached hydrogen (secondary N) is 1. The van der Waals surface area contributed by atoms with Crippen molar-refractivity contribution in [1.29, 1.82) is 0 Å². The molecule has 0 radical (unpaired) electrons. The van der Waals surface area contributed by atoms with E-state index in [9.17, 15) is 14.0 Å². The van der Waals surface area contributed by atoms with E-state index in [1.54, 1.807) is 67.8 Å². The number of furan rings is 1. The Hall–Kier alpha value is -5.38. The third kappa shape index (κ3) is 4.61. The number of carbonyl (C=O) groups is 2. The van der Waals surface area contributed by atoms with Crippen LogP contribution in [0.2, 0.25) is 0 Å². The summed E-state index contributed by atoms with van der Waals surface area (Å²) in [5.41, 5.74) is 8.62. The molecule has 10 heteroatoms. The zero-order valence-electron chi connectivity index (χ0n) is 22.9. The fraction of sp³-hybridized carbons (Fsp3) is 0.152. The van der Waals surface area contributed by atoms with E-state index in [4.69, 9.17) is 14.6 Å². The highest BCUT2D eigenvalue weighted by Gasteiger charge is 2.50. The molecule has 0 spiro atoms. The first-order chi connectivity index (χ1) is 20.7. The van der Waals surface area contributed by atoms with Gasteiger partial charge in [0.25, 0.3) is 11.8 Å². The van der Waals surface area contributed by atoms with Crippen LogP contribution in [0.15, 0.2) is 81.9 Å². The predicted octanol–water partition coefficient (Wildman–Crippen LogP) is 6.33. The number of aryl methyl sites for hydroxylation is 1. The highest BCUT2D eigenvalue weighted by atomic mass is 19.1. The molecule has 3 N–H and O–H groups in total. The molecule has 1 saturated carbocycles. The summed E-state index contributed by atoms with van der Waals surface area (Å²) in [6, 6.07) is 15.6. The summed E-state index contributed by atoms with van der Waals surface area (Å²) >= 11 is 0. The van der Waals surface area contributed by atoms with Gasteiger partial charge in [0.15, 0.2) is 5.58 Å². The number of nitrogens with zero attached hydrogens (tertiary/aromatic N) is 2. The van der Waals surface area contributed by atoms with Crippen molar-refractivity contribution in [2.75, 3.05) is 0 Å². The van der Waals surface area contributed by atoms with Crippen LogP contribution in [-0.4, -0.2) is 21.8 Å². The molecule has 3 aromatic carbocycles. The van der Waals surface area contributed by atoms with Gasteiger partial charge in [0, 0.05) is 23.7 Å². The summed E-state index contributed by atoms with van der Waals surface area (Å²) < 4.78 is 41.4. The Balaban J connectivity index is 1.23. The molecule has 214 valence electrons. The maximum atomic E-state index is 16.3. The zero-order valence-corrected chi connectivity index (χ0v) is 22.9. The lowest BCUT2D eigenvalue weighted by atomic mass is 9.95. The summed E-state index contributed by atoms with van der Waals surface area (Å²) in [4.78, 5) is 34.6. The number of hydrogen-bond acceptors (Lipinski definition) is 6. The lowest BCUT2D eigenvalue weighted by Crippen LogP contribution is -2.35. The van der Waals surface area contributed by atoms with Gasteiger partial charge in [-0.25, -0.2) is 13.8 Å². The molecule has 3 heterocycles. The van der Waals surface area contributed by atoms with Crippen molar-refractivity contribution < 1.29 is 27.2 Å². The molecule has 6 aromatic rings. The van der Waals surface area contributed by atoms with Gasteiger partial charge in [0.1, 0.15) is 34.0 Å². The van der Waals surface area contributed by atoms with Gasteiger partial charge < -0.3 is 19.9 Å². The third-order valence-electron chi connectivity index (χ3n) is 7.88. The standard InChI is InChI=1S/C33H24F2N4O4/c1-17-2-5-19(31(41)39-33(11-12-33)32-38-23-10-13-37-16-26(23)43-32)15-22(17)21-8-9-24-27(29(21)35)28(30(36)40)25(42-24)14-18-3-6-20(34)7-4-18/h2-10,13,15-16H,11-12,14H2,1H3,(H2,36,40)(H,39,41). The van der Waals surface area contributed by atoms with E-state index in [-0.39, 0.29) is 40.2 Å². The summed E-state index contributed by atoms with van der Waals surface area (Å²) in [7, 11) is 0. The number of benzene rings is 3. The highest BCUT2D eigenvalue weighted by Crippen LogP contribution is 2.46. The molecule has 0 aliphatic heterocycles. The van der Waals surface area contributed by atoms with Crippen molar-refractivity contribution in [3.8, 4) is 11.1 Å². The van der Waals surface area contributed by atoms with E-state index in [1.807, 2.05) is 0 Å². The van der Waals surface area contributed by atoms with Crippen LogP contribution in [0.4, 0.5) is 8.78 Å². The van der Waals surface area contributed by atoms with Crippen LogP contribution in [0.1, 0.15) is 56.3 Å². The van der Waals surface area contributed by atoms with Crippen molar-refractivity contribution in [2.24, 2.45) is 5.73 Å². The maximum absolute atomic E-state index is 16.3. The van der Waals surface area contributed by atoms with Gasteiger partial charge in [-0.2, -0.15) is 0 Å². The SMILES string of the molecule is Cc1ccc(C(=O)NC2(c3nc4ccncc4o3)CC2)cc1-c1ccc2oc(Cc3ccc(F)cc3)c(C(N)=O)c2c1F. The number of rotatable bonds is 7. The molecule has 7 rings (SSSR count). The fourth-order valence-corrected chi connectivity index (χ4v) is 5.43. The van der Waals surface area contributed by atoms with E-state index < -0.39 is 23.1 Å². The highest BCUT2D eigenvalue weighted by molar-refractivity contribution is 6.08. The summed E-state index contributed by atoms with van der Waals surface area (Å²) in [6.45, 7) is 1.81. The van der Waals surface area contributed by atoms with Crippen LogP contribution >= 0.6 is 0 Å². The zero-order chi connectivity index (χ0) is 29.9. The Morgan fingerprint density at radius 2 is 1.77 bits per heavy atom. The smallest absolute Gasteiger partial charge is 0.253 e. The Bertz CT molecular complexity index is 2040. The van der Waals surface area contributed by atoms with Gasteiger partial charge in [-0.15, -0.1) is 0 Å². The summed E-state index contributed by atoms with van der Waals surface area (Å²) in [5, 5.41) is 3.01. The second kappa shape index (κ2) is 9.87. The van der Waals surface area contributed by atoms with E-state index >= 15 is 4.39 Å². The lowest BCUT2D eigenvalue weighted by molar-refractivity contribution is 0.0922. The molecule has 1 fully saturated rings. The summed E-state index contributed by atoms with van der Waals surface area (Å²) in [5.74, 6) is -1.70. The molecule has 0 bridgehead atoms. The number of pyridine rings is 1. The normalized spacial score (nSPS) is 13.8. The van der Waals surface area contributed by atoms with Crippen molar-refractivity contribution in [1.82, 2.24) is 15.3 Å². The Morgan fingerprint density at radius 3 is 2.49 bits per heavy atom. The van der Waals surface area contributed by atoms with Crippen molar-refractivity contribution >= 4 is 33.9 Å². The van der Waals surface area contributed by atoms with Crippen LogP contribution in [0.3, 0.4) is 0 Å². The molecule has 43 heavy (non-hydrogen) atoms. The molecule has 1 aliphatic rings. The van der Waals surface area contributed by atoms with Gasteiger partial charge in [0.05, 0.1) is 17.1 Å². The lowest BCUT2D eigenvalue weighted by Gasteiger charge is -2.15. The van der Waals surface area contributed by atoms with Crippen molar-refractivity contribution in [3.63, 3.8) is 0 Å². The largest absolute Gasteiger partial charge is 0.460 e. The second-order valence-corrected chi connectivity index (χ2v) is 10.8. The molecule has 3 aromatic heterocycles. The topological polar surface area (TPSA) is 124 Å². The number of nitrogens with two attached hydrogens (primary N) is 1. The molecule has 0 atom stereocenters. The first kappa shape index (κ1) is 26.5. The average molecular weight is 579 g/mol. The van der Waals surface area contributed by atoms with E-state index in [2.05, 4.69) is 15.3 Å². The number of hydrogen-bond donors (Lipinski definition) is 2. The number of fused-ring (bicyclic) bond motifs is 2. The summed E-state index contributed by atoms with van der Waals surface area (Å²) in [6.07, 6.45) is 4.66. The quantitative estimate of drug-likeness (QED) is 0.228. The van der Waals surface area contributed by atoms with Crippen LogP contribution in [0.25, 0.3) is 33.2 Å². The second-order valence-electron chi connectivity index (χ2n) is 10.8. The van der Waals surface area contributed by atoms with E-state index in [1.165, 1.54) is 12.1 Å². The molecular weight excluding hydrogens is 554 g/mol. The molecule has 2 amide bonds. The number of primary amides is 1.